The standard InChI is InChI=1S/C22H25NO6/c1-22(2,3)29-21(27)23-18(20(26)28-4)16-12-10-15(11-13-16)17(19(24)25)14-8-6-5-7-9-14/h5-13,17-18H,1-4H3,(H,23,27)(H,24,25)/t17?,18-/m1/s1. The van der Waals surface area contributed by atoms with Crippen LogP contribution < -0.4 is 5.32 Å². The largest absolute Gasteiger partial charge is 0.481 e. The smallest absolute Gasteiger partial charge is 0.408 e. The summed E-state index contributed by atoms with van der Waals surface area (Å²) in [7, 11) is 1.22. The summed E-state index contributed by atoms with van der Waals surface area (Å²) in [6.07, 6.45) is -0.760. The predicted octanol–water partition coefficient (Wildman–Crippen LogP) is 3.64. The number of hydrogen-bond acceptors (Lipinski definition) is 5. The number of methoxy groups -OCH3 is 1. The van der Waals surface area contributed by atoms with Gasteiger partial charge >= 0.3 is 18.0 Å². The Balaban J connectivity index is 2.29. The van der Waals surface area contributed by atoms with E-state index >= 15 is 0 Å². The van der Waals surface area contributed by atoms with Crippen molar-refractivity contribution in [3.63, 3.8) is 0 Å². The minimum absolute atomic E-state index is 0.448. The Kier molecular flexibility index (Phi) is 6.98. The summed E-state index contributed by atoms with van der Waals surface area (Å²) in [4.78, 5) is 36.1. The van der Waals surface area contributed by atoms with Gasteiger partial charge in [0.15, 0.2) is 6.04 Å². The number of carboxylic acids is 1. The average Bonchev–Trinajstić information content (AvgIpc) is 2.65. The topological polar surface area (TPSA) is 102 Å². The summed E-state index contributed by atoms with van der Waals surface area (Å²) < 4.78 is 9.98. The number of aliphatic carboxylic acids is 1. The van der Waals surface area contributed by atoms with Gasteiger partial charge in [0.05, 0.1) is 7.11 Å². The normalized spacial score (nSPS) is 13.1. The van der Waals surface area contributed by atoms with E-state index in [9.17, 15) is 19.5 Å². The van der Waals surface area contributed by atoms with E-state index in [0.29, 0.717) is 16.7 Å². The fourth-order valence-corrected chi connectivity index (χ4v) is 2.83. The molecule has 29 heavy (non-hydrogen) atoms. The number of nitrogens with one attached hydrogen (secondary N) is 1. The first-order valence-electron chi connectivity index (χ1n) is 9.07. The number of ether oxygens (including phenoxy) is 2. The Morgan fingerprint density at radius 3 is 1.90 bits per heavy atom. The molecular formula is C22H25NO6. The summed E-state index contributed by atoms with van der Waals surface area (Å²) in [6, 6.07) is 14.2. The van der Waals surface area contributed by atoms with Gasteiger partial charge in [-0.1, -0.05) is 54.6 Å². The quantitative estimate of drug-likeness (QED) is 0.719. The lowest BCUT2D eigenvalue weighted by Crippen LogP contribution is -2.38. The Bertz CT molecular complexity index is 855. The fourth-order valence-electron chi connectivity index (χ4n) is 2.83. The average molecular weight is 399 g/mol. The molecule has 7 heteroatoms. The van der Waals surface area contributed by atoms with E-state index < -0.39 is 35.6 Å². The Morgan fingerprint density at radius 2 is 1.41 bits per heavy atom. The molecular weight excluding hydrogens is 374 g/mol. The zero-order chi connectivity index (χ0) is 21.6. The molecule has 0 heterocycles. The van der Waals surface area contributed by atoms with E-state index in [-0.39, 0.29) is 0 Å². The van der Waals surface area contributed by atoms with Gasteiger partial charge in [-0.3, -0.25) is 4.79 Å². The minimum Gasteiger partial charge on any atom is -0.481 e. The highest BCUT2D eigenvalue weighted by molar-refractivity contribution is 5.83. The van der Waals surface area contributed by atoms with Crippen LogP contribution in [0.25, 0.3) is 0 Å². The van der Waals surface area contributed by atoms with Crippen molar-refractivity contribution in [1.82, 2.24) is 5.32 Å². The second-order valence-electron chi connectivity index (χ2n) is 7.45. The van der Waals surface area contributed by atoms with Gasteiger partial charge in [0.1, 0.15) is 11.5 Å². The van der Waals surface area contributed by atoms with E-state index in [4.69, 9.17) is 9.47 Å². The molecule has 7 nitrogen and oxygen atoms in total. The third kappa shape index (κ3) is 6.07. The number of rotatable bonds is 6. The van der Waals surface area contributed by atoms with Crippen LogP contribution in [-0.2, 0) is 19.1 Å². The van der Waals surface area contributed by atoms with Gasteiger partial charge in [0.2, 0.25) is 0 Å². The van der Waals surface area contributed by atoms with Gasteiger partial charge in [-0.05, 0) is 37.5 Å². The van der Waals surface area contributed by atoms with Crippen LogP contribution in [0, 0.1) is 0 Å². The summed E-state index contributed by atoms with van der Waals surface area (Å²) in [6.45, 7) is 5.14. The molecule has 0 aliphatic carbocycles. The van der Waals surface area contributed by atoms with E-state index in [2.05, 4.69) is 5.32 Å². The van der Waals surface area contributed by atoms with Crippen LogP contribution in [0.1, 0.15) is 49.4 Å². The molecule has 0 radical (unpaired) electrons. The summed E-state index contributed by atoms with van der Waals surface area (Å²) in [5, 5.41) is 12.2. The highest BCUT2D eigenvalue weighted by Crippen LogP contribution is 2.27. The maximum atomic E-state index is 12.2. The van der Waals surface area contributed by atoms with Gasteiger partial charge in [-0.2, -0.15) is 0 Å². The number of benzene rings is 2. The van der Waals surface area contributed by atoms with Crippen molar-refractivity contribution < 1.29 is 29.0 Å². The van der Waals surface area contributed by atoms with Crippen molar-refractivity contribution in [3.05, 3.63) is 71.3 Å². The lowest BCUT2D eigenvalue weighted by Gasteiger charge is -2.23. The van der Waals surface area contributed by atoms with Crippen LogP contribution in [-0.4, -0.2) is 35.8 Å². The van der Waals surface area contributed by atoms with Crippen molar-refractivity contribution in [2.24, 2.45) is 0 Å². The zero-order valence-corrected chi connectivity index (χ0v) is 16.8. The number of esters is 1. The molecule has 2 atom stereocenters. The third-order valence-electron chi connectivity index (χ3n) is 4.08. The highest BCUT2D eigenvalue weighted by atomic mass is 16.6. The van der Waals surface area contributed by atoms with E-state index in [1.165, 1.54) is 7.11 Å². The molecule has 1 unspecified atom stereocenters. The zero-order valence-electron chi connectivity index (χ0n) is 16.8. The van der Waals surface area contributed by atoms with Gasteiger partial charge in [-0.25, -0.2) is 9.59 Å². The van der Waals surface area contributed by atoms with Crippen LogP contribution in [0.4, 0.5) is 4.79 Å². The SMILES string of the molecule is COC(=O)[C@H](NC(=O)OC(C)(C)C)c1ccc(C(C(=O)O)c2ccccc2)cc1. The number of hydrogen-bond donors (Lipinski definition) is 2. The molecule has 1 amide bonds. The number of amides is 1. The van der Waals surface area contributed by atoms with E-state index in [1.54, 1.807) is 69.3 Å². The Labute approximate surface area is 169 Å². The van der Waals surface area contributed by atoms with Crippen LogP contribution in [0.5, 0.6) is 0 Å². The van der Waals surface area contributed by atoms with Crippen LogP contribution in [0.15, 0.2) is 54.6 Å². The summed E-state index contributed by atoms with van der Waals surface area (Å²) in [5.41, 5.74) is 0.917. The van der Waals surface area contributed by atoms with E-state index in [1.807, 2.05) is 6.07 Å². The molecule has 0 aliphatic heterocycles. The summed E-state index contributed by atoms with van der Waals surface area (Å²) >= 11 is 0. The van der Waals surface area contributed by atoms with Gasteiger partial charge in [0.25, 0.3) is 0 Å². The molecule has 0 fully saturated rings. The van der Waals surface area contributed by atoms with Gasteiger partial charge in [-0.15, -0.1) is 0 Å². The van der Waals surface area contributed by atoms with Gasteiger partial charge < -0.3 is 19.9 Å². The molecule has 0 bridgehead atoms. The highest BCUT2D eigenvalue weighted by Gasteiger charge is 2.28. The van der Waals surface area contributed by atoms with Crippen LogP contribution in [0.2, 0.25) is 0 Å². The van der Waals surface area contributed by atoms with Crippen LogP contribution >= 0.6 is 0 Å². The first-order valence-corrected chi connectivity index (χ1v) is 9.07. The van der Waals surface area contributed by atoms with Crippen molar-refractivity contribution in [3.8, 4) is 0 Å². The third-order valence-corrected chi connectivity index (χ3v) is 4.08. The molecule has 0 saturated heterocycles. The monoisotopic (exact) mass is 399 g/mol. The van der Waals surface area contributed by atoms with Crippen molar-refractivity contribution in [2.75, 3.05) is 7.11 Å². The minimum atomic E-state index is -1.08. The second kappa shape index (κ2) is 9.23. The lowest BCUT2D eigenvalue weighted by atomic mass is 9.90. The maximum absolute atomic E-state index is 12.2. The molecule has 154 valence electrons. The lowest BCUT2D eigenvalue weighted by molar-refractivity contribution is -0.143. The number of carbonyl (C=O) groups excluding carboxylic acids is 2. The Hall–Kier alpha value is -3.35. The first kappa shape index (κ1) is 21.9. The van der Waals surface area contributed by atoms with E-state index in [0.717, 1.165) is 0 Å². The second-order valence-corrected chi connectivity index (χ2v) is 7.45. The molecule has 2 rings (SSSR count). The molecule has 2 N–H and O–H groups in total. The van der Waals surface area contributed by atoms with Crippen LogP contribution in [0.3, 0.4) is 0 Å². The molecule has 0 saturated carbocycles. The number of carboxylic acid groups (broad SMARTS) is 1. The molecule has 0 spiro atoms. The number of carbonyl (C=O) groups is 3. The number of alkyl carbamates (subject to hydrolysis) is 1. The van der Waals surface area contributed by atoms with Crippen molar-refractivity contribution in [2.45, 2.75) is 38.3 Å². The summed E-state index contributed by atoms with van der Waals surface area (Å²) in [5.74, 6) is -2.50. The first-order chi connectivity index (χ1) is 13.6. The molecule has 0 aliphatic rings. The maximum Gasteiger partial charge on any atom is 0.408 e. The predicted molar refractivity (Wildman–Crippen MR) is 106 cm³/mol. The molecule has 2 aromatic carbocycles. The molecule has 2 aromatic rings. The molecule has 0 aromatic heterocycles. The van der Waals surface area contributed by atoms with Gasteiger partial charge in [0, 0.05) is 0 Å². The van der Waals surface area contributed by atoms with Crippen molar-refractivity contribution in [1.29, 1.82) is 0 Å². The Morgan fingerprint density at radius 1 is 0.897 bits per heavy atom. The fraction of sp³-hybridized carbons (Fsp3) is 0.318. The van der Waals surface area contributed by atoms with Crippen molar-refractivity contribution >= 4 is 18.0 Å².